The van der Waals surface area contributed by atoms with Crippen molar-refractivity contribution in [3.05, 3.63) is 11.5 Å². The number of carbonyl (C=O) groups is 2. The van der Waals surface area contributed by atoms with Gasteiger partial charge < -0.3 is 14.7 Å². The molecule has 122 valence electrons. The van der Waals surface area contributed by atoms with Gasteiger partial charge in [-0.25, -0.2) is 0 Å². The van der Waals surface area contributed by atoms with Crippen LogP contribution in [0.2, 0.25) is 0 Å². The number of hydrogen-bond acceptors (Lipinski definition) is 4. The molecule has 0 aromatic carbocycles. The van der Waals surface area contributed by atoms with Crippen LogP contribution in [0.1, 0.15) is 51.0 Å². The third-order valence-corrected chi connectivity index (χ3v) is 4.64. The zero-order valence-corrected chi connectivity index (χ0v) is 14.0. The lowest BCUT2D eigenvalue weighted by molar-refractivity contribution is -0.144. The summed E-state index contributed by atoms with van der Waals surface area (Å²) in [6, 6.07) is 0.135. The maximum atomic E-state index is 12.3. The van der Waals surface area contributed by atoms with E-state index in [1.54, 1.807) is 25.8 Å². The monoisotopic (exact) mass is 307 g/mol. The molecule has 0 radical (unpaired) electrons. The number of aromatic nitrogens is 1. The second-order valence-electron chi connectivity index (χ2n) is 6.96. The van der Waals surface area contributed by atoms with E-state index in [0.717, 1.165) is 25.7 Å². The van der Waals surface area contributed by atoms with E-state index < -0.39 is 11.8 Å². The molecule has 1 aliphatic carbocycles. The van der Waals surface area contributed by atoms with Gasteiger partial charge in [-0.2, -0.15) is 0 Å². The fourth-order valence-corrected chi connectivity index (χ4v) is 2.93. The molecule has 0 aliphatic heterocycles. The molecule has 1 aliphatic rings. The molecule has 6 heteroatoms. The lowest BCUT2D eigenvalue weighted by Gasteiger charge is -2.38. The van der Waals surface area contributed by atoms with Gasteiger partial charge in [0.1, 0.15) is 11.4 Å². The predicted molar refractivity (Wildman–Crippen MR) is 83.4 cm³/mol. The summed E-state index contributed by atoms with van der Waals surface area (Å²) in [5.41, 5.74) is 1.39. The van der Waals surface area contributed by atoms with Crippen LogP contribution < -0.4 is 5.32 Å². The first-order valence-corrected chi connectivity index (χ1v) is 7.72. The summed E-state index contributed by atoms with van der Waals surface area (Å²) < 4.78 is 4.99. The number of aryl methyl sites for hydroxylation is 2. The standard InChI is InChI=1S/C16H25N3O3/c1-10-13(11(2)22-18-10)17-14(20)15(21)19(5)12-6-8-16(3,4)9-7-12/h12H,6-9H2,1-5H3,(H,17,20). The van der Waals surface area contributed by atoms with Crippen LogP contribution in [0.25, 0.3) is 0 Å². The molecule has 2 amide bonds. The lowest BCUT2D eigenvalue weighted by atomic mass is 9.75. The molecule has 2 rings (SSSR count). The topological polar surface area (TPSA) is 75.4 Å². The highest BCUT2D eigenvalue weighted by Gasteiger charge is 2.32. The van der Waals surface area contributed by atoms with Crippen molar-refractivity contribution in [3.8, 4) is 0 Å². The molecule has 6 nitrogen and oxygen atoms in total. The smallest absolute Gasteiger partial charge is 0.314 e. The van der Waals surface area contributed by atoms with Crippen molar-refractivity contribution in [2.75, 3.05) is 12.4 Å². The molecule has 0 saturated heterocycles. The van der Waals surface area contributed by atoms with E-state index in [1.165, 1.54) is 0 Å². The van der Waals surface area contributed by atoms with E-state index in [1.807, 2.05) is 0 Å². The minimum Gasteiger partial charge on any atom is -0.359 e. The SMILES string of the molecule is Cc1noc(C)c1NC(=O)C(=O)N(C)C1CCC(C)(C)CC1. The van der Waals surface area contributed by atoms with Gasteiger partial charge in [0, 0.05) is 13.1 Å². The van der Waals surface area contributed by atoms with Crippen LogP contribution in [0.15, 0.2) is 4.52 Å². The first kappa shape index (κ1) is 16.5. The molecule has 22 heavy (non-hydrogen) atoms. The summed E-state index contributed by atoms with van der Waals surface area (Å²) in [7, 11) is 1.71. The number of amides is 2. The van der Waals surface area contributed by atoms with Crippen LogP contribution in [-0.4, -0.2) is 35.0 Å². The van der Waals surface area contributed by atoms with E-state index >= 15 is 0 Å². The highest BCUT2D eigenvalue weighted by atomic mass is 16.5. The summed E-state index contributed by atoms with van der Waals surface area (Å²) in [6.45, 7) is 7.92. The Morgan fingerprint density at radius 1 is 1.27 bits per heavy atom. The van der Waals surface area contributed by atoms with Gasteiger partial charge in [0.25, 0.3) is 0 Å². The molecule has 0 unspecified atom stereocenters. The Balaban J connectivity index is 1.97. The average molecular weight is 307 g/mol. The van der Waals surface area contributed by atoms with Crippen LogP contribution in [0.3, 0.4) is 0 Å². The number of likely N-dealkylation sites (N-methyl/N-ethyl adjacent to an activating group) is 1. The molecule has 1 N–H and O–H groups in total. The molecular weight excluding hydrogens is 282 g/mol. The summed E-state index contributed by atoms with van der Waals surface area (Å²) >= 11 is 0. The number of hydrogen-bond donors (Lipinski definition) is 1. The van der Waals surface area contributed by atoms with Gasteiger partial charge in [-0.1, -0.05) is 19.0 Å². The Bertz CT molecular complexity index is 548. The van der Waals surface area contributed by atoms with E-state index in [9.17, 15) is 9.59 Å². The van der Waals surface area contributed by atoms with Gasteiger partial charge in [-0.3, -0.25) is 9.59 Å². The fraction of sp³-hybridized carbons (Fsp3) is 0.688. The molecule has 0 atom stereocenters. The maximum Gasteiger partial charge on any atom is 0.314 e. The molecule has 1 aromatic heterocycles. The molecule has 1 heterocycles. The summed E-state index contributed by atoms with van der Waals surface area (Å²) in [4.78, 5) is 26.0. The third kappa shape index (κ3) is 3.48. The summed E-state index contributed by atoms with van der Waals surface area (Å²) in [5, 5.41) is 6.37. The van der Waals surface area contributed by atoms with Crippen molar-refractivity contribution in [2.24, 2.45) is 5.41 Å². The quantitative estimate of drug-likeness (QED) is 0.852. The molecular formula is C16H25N3O3. The second-order valence-corrected chi connectivity index (χ2v) is 6.96. The van der Waals surface area contributed by atoms with E-state index in [2.05, 4.69) is 24.3 Å². The molecule has 1 aromatic rings. The second kappa shape index (κ2) is 6.10. The Morgan fingerprint density at radius 3 is 2.36 bits per heavy atom. The largest absolute Gasteiger partial charge is 0.359 e. The number of carbonyl (C=O) groups excluding carboxylic acids is 2. The van der Waals surface area contributed by atoms with Crippen molar-refractivity contribution < 1.29 is 14.1 Å². The van der Waals surface area contributed by atoms with Crippen LogP contribution in [-0.2, 0) is 9.59 Å². The van der Waals surface area contributed by atoms with Gasteiger partial charge in [0.2, 0.25) is 0 Å². The Morgan fingerprint density at radius 2 is 1.86 bits per heavy atom. The minimum absolute atomic E-state index is 0.135. The molecule has 1 saturated carbocycles. The zero-order chi connectivity index (χ0) is 16.5. The average Bonchev–Trinajstić information content (AvgIpc) is 2.77. The lowest BCUT2D eigenvalue weighted by Crippen LogP contribution is -2.45. The van der Waals surface area contributed by atoms with Crippen molar-refractivity contribution >= 4 is 17.5 Å². The molecule has 0 spiro atoms. The Hall–Kier alpha value is -1.85. The van der Waals surface area contributed by atoms with Crippen molar-refractivity contribution in [2.45, 2.75) is 59.4 Å². The van der Waals surface area contributed by atoms with Crippen molar-refractivity contribution in [1.82, 2.24) is 10.1 Å². The van der Waals surface area contributed by atoms with Gasteiger partial charge in [-0.05, 0) is 44.9 Å². The third-order valence-electron chi connectivity index (χ3n) is 4.64. The number of nitrogens with zero attached hydrogens (tertiary/aromatic N) is 2. The van der Waals surface area contributed by atoms with Gasteiger partial charge in [0.05, 0.1) is 0 Å². The van der Waals surface area contributed by atoms with E-state index in [0.29, 0.717) is 22.6 Å². The van der Waals surface area contributed by atoms with Gasteiger partial charge in [-0.15, -0.1) is 0 Å². The predicted octanol–water partition coefficient (Wildman–Crippen LogP) is 2.66. The highest BCUT2D eigenvalue weighted by molar-refractivity contribution is 6.39. The van der Waals surface area contributed by atoms with Crippen LogP contribution in [0.4, 0.5) is 5.69 Å². The maximum absolute atomic E-state index is 12.3. The Labute approximate surface area is 131 Å². The normalized spacial score (nSPS) is 18.0. The number of anilines is 1. The van der Waals surface area contributed by atoms with E-state index in [4.69, 9.17) is 4.52 Å². The van der Waals surface area contributed by atoms with Crippen molar-refractivity contribution in [1.29, 1.82) is 0 Å². The van der Waals surface area contributed by atoms with E-state index in [-0.39, 0.29) is 6.04 Å². The van der Waals surface area contributed by atoms with Gasteiger partial charge in [0.15, 0.2) is 5.76 Å². The summed E-state index contributed by atoms with van der Waals surface area (Å²) in [6.07, 6.45) is 4.02. The zero-order valence-electron chi connectivity index (χ0n) is 14.0. The first-order valence-electron chi connectivity index (χ1n) is 7.72. The molecule has 1 fully saturated rings. The van der Waals surface area contributed by atoms with Crippen LogP contribution >= 0.6 is 0 Å². The van der Waals surface area contributed by atoms with Crippen LogP contribution in [0, 0.1) is 19.3 Å². The van der Waals surface area contributed by atoms with Gasteiger partial charge >= 0.3 is 11.8 Å². The van der Waals surface area contributed by atoms with Crippen molar-refractivity contribution in [3.63, 3.8) is 0 Å². The molecule has 0 bridgehead atoms. The summed E-state index contributed by atoms with van der Waals surface area (Å²) in [5.74, 6) is -0.646. The Kier molecular flexibility index (Phi) is 4.58. The highest BCUT2D eigenvalue weighted by Crippen LogP contribution is 2.36. The van der Waals surface area contributed by atoms with Crippen LogP contribution in [0.5, 0.6) is 0 Å². The fourth-order valence-electron chi connectivity index (χ4n) is 2.93. The number of rotatable bonds is 2. The minimum atomic E-state index is -0.637. The first-order chi connectivity index (χ1) is 10.2. The number of nitrogens with one attached hydrogen (secondary N) is 1.